The largest absolute Gasteiger partial charge is 0.481 e. The second-order valence-corrected chi connectivity index (χ2v) is 8.20. The molecule has 0 saturated heterocycles. The molecule has 2 bridgehead atoms. The molecule has 1 saturated carbocycles. The molecular formula is C17H18N2O6S. The molecule has 1 aromatic carbocycles. The summed E-state index contributed by atoms with van der Waals surface area (Å²) in [6, 6.07) is 5.31. The van der Waals surface area contributed by atoms with Crippen LogP contribution in [0.1, 0.15) is 13.3 Å². The minimum atomic E-state index is -3.95. The monoisotopic (exact) mass is 378 g/mol. The molecule has 26 heavy (non-hydrogen) atoms. The van der Waals surface area contributed by atoms with E-state index in [1.807, 2.05) is 16.9 Å². The van der Waals surface area contributed by atoms with Crippen molar-refractivity contribution in [1.29, 1.82) is 0 Å². The van der Waals surface area contributed by atoms with Gasteiger partial charge in [-0.05, 0) is 42.5 Å². The SMILES string of the molecule is CC(=O)NS(=O)(=O)c1ccc(NC(=O)[C@H]2[C@@H](C(=O)O)[C@H]3C=C[C@H]2C3)cc1. The number of carboxylic acid groups (broad SMARTS) is 1. The van der Waals surface area contributed by atoms with Gasteiger partial charge >= 0.3 is 5.97 Å². The molecule has 8 nitrogen and oxygen atoms in total. The predicted octanol–water partition coefficient (Wildman–Crippen LogP) is 0.973. The van der Waals surface area contributed by atoms with E-state index in [1.165, 1.54) is 24.3 Å². The summed E-state index contributed by atoms with van der Waals surface area (Å²) in [5.74, 6) is -3.70. The van der Waals surface area contributed by atoms with Crippen molar-refractivity contribution in [3.05, 3.63) is 36.4 Å². The summed E-state index contributed by atoms with van der Waals surface area (Å²) < 4.78 is 25.6. The van der Waals surface area contributed by atoms with Gasteiger partial charge in [-0.15, -0.1) is 0 Å². The topological polar surface area (TPSA) is 130 Å². The Hall–Kier alpha value is -2.68. The fourth-order valence-electron chi connectivity index (χ4n) is 3.71. The van der Waals surface area contributed by atoms with E-state index >= 15 is 0 Å². The Morgan fingerprint density at radius 1 is 1.04 bits per heavy atom. The Morgan fingerprint density at radius 2 is 1.62 bits per heavy atom. The van der Waals surface area contributed by atoms with Crippen LogP contribution in [0.25, 0.3) is 0 Å². The maximum Gasteiger partial charge on any atom is 0.307 e. The van der Waals surface area contributed by atoms with Crippen molar-refractivity contribution in [1.82, 2.24) is 4.72 Å². The van der Waals surface area contributed by atoms with Gasteiger partial charge in [-0.25, -0.2) is 13.1 Å². The summed E-state index contributed by atoms with van der Waals surface area (Å²) in [4.78, 5) is 34.9. The molecule has 0 radical (unpaired) electrons. The summed E-state index contributed by atoms with van der Waals surface area (Å²) in [6.07, 6.45) is 4.40. The van der Waals surface area contributed by atoms with Crippen molar-refractivity contribution >= 4 is 33.5 Å². The Bertz CT molecular complexity index is 890. The first-order valence-corrected chi connectivity index (χ1v) is 9.53. The number of hydrogen-bond donors (Lipinski definition) is 3. The Labute approximate surface area is 150 Å². The number of hydrogen-bond acceptors (Lipinski definition) is 5. The smallest absolute Gasteiger partial charge is 0.307 e. The maximum atomic E-state index is 12.6. The summed E-state index contributed by atoms with van der Waals surface area (Å²) in [6.45, 7) is 1.09. The van der Waals surface area contributed by atoms with Crippen LogP contribution in [0.3, 0.4) is 0 Å². The van der Waals surface area contributed by atoms with Crippen molar-refractivity contribution in [3.8, 4) is 0 Å². The van der Waals surface area contributed by atoms with Crippen molar-refractivity contribution in [2.75, 3.05) is 5.32 Å². The zero-order valence-electron chi connectivity index (χ0n) is 13.9. The molecule has 0 aliphatic heterocycles. The van der Waals surface area contributed by atoms with E-state index in [2.05, 4.69) is 5.32 Å². The van der Waals surface area contributed by atoms with E-state index in [9.17, 15) is 27.9 Å². The van der Waals surface area contributed by atoms with E-state index in [4.69, 9.17) is 0 Å². The van der Waals surface area contributed by atoms with E-state index < -0.39 is 39.6 Å². The minimum Gasteiger partial charge on any atom is -0.481 e. The average molecular weight is 378 g/mol. The van der Waals surface area contributed by atoms with Gasteiger partial charge in [0.25, 0.3) is 10.0 Å². The highest BCUT2D eigenvalue weighted by Crippen LogP contribution is 2.48. The minimum absolute atomic E-state index is 0.0967. The number of benzene rings is 1. The molecule has 3 N–H and O–H groups in total. The molecule has 3 rings (SSSR count). The lowest BCUT2D eigenvalue weighted by atomic mass is 9.82. The molecule has 0 spiro atoms. The number of sulfonamides is 1. The summed E-state index contributed by atoms with van der Waals surface area (Å²) >= 11 is 0. The second-order valence-electron chi connectivity index (χ2n) is 6.51. The lowest BCUT2D eigenvalue weighted by molar-refractivity contribution is -0.146. The van der Waals surface area contributed by atoms with Crippen molar-refractivity contribution in [2.24, 2.45) is 23.7 Å². The van der Waals surface area contributed by atoms with Gasteiger partial charge in [0.05, 0.1) is 16.7 Å². The van der Waals surface area contributed by atoms with Crippen LogP contribution in [0.4, 0.5) is 5.69 Å². The van der Waals surface area contributed by atoms with Gasteiger partial charge in [-0.2, -0.15) is 0 Å². The van der Waals surface area contributed by atoms with Gasteiger partial charge in [0, 0.05) is 12.6 Å². The lowest BCUT2D eigenvalue weighted by Crippen LogP contribution is -2.36. The molecule has 1 aromatic rings. The number of amides is 2. The van der Waals surface area contributed by atoms with Gasteiger partial charge in [0.1, 0.15) is 0 Å². The quantitative estimate of drug-likeness (QED) is 0.655. The Balaban J connectivity index is 1.73. The first-order chi connectivity index (χ1) is 12.2. The standard InChI is InChI=1S/C17H18N2O6S/c1-9(20)19-26(24,25)13-6-4-12(5-7-13)18-16(21)14-10-2-3-11(8-10)15(14)17(22)23/h2-7,10-11,14-15H,8H2,1H3,(H,18,21)(H,19,20)(H,22,23)/t10-,11-,14+,15-/m0/s1. The van der Waals surface area contributed by atoms with Crippen molar-refractivity contribution in [3.63, 3.8) is 0 Å². The zero-order valence-corrected chi connectivity index (χ0v) is 14.7. The molecule has 9 heteroatoms. The van der Waals surface area contributed by atoms with Gasteiger partial charge in [-0.3, -0.25) is 14.4 Å². The third kappa shape index (κ3) is 3.34. The molecule has 4 atom stereocenters. The van der Waals surface area contributed by atoms with Crippen molar-refractivity contribution < 1.29 is 27.9 Å². The van der Waals surface area contributed by atoms with Crippen LogP contribution in [0.15, 0.2) is 41.3 Å². The number of nitrogens with one attached hydrogen (secondary N) is 2. The fraction of sp³-hybridized carbons (Fsp3) is 0.353. The van der Waals surface area contributed by atoms with Gasteiger partial charge in [-0.1, -0.05) is 12.2 Å². The molecule has 1 fully saturated rings. The van der Waals surface area contributed by atoms with Crippen LogP contribution in [-0.4, -0.2) is 31.3 Å². The molecule has 2 aliphatic carbocycles. The second kappa shape index (κ2) is 6.56. The highest BCUT2D eigenvalue weighted by atomic mass is 32.2. The first-order valence-electron chi connectivity index (χ1n) is 8.04. The highest BCUT2D eigenvalue weighted by molar-refractivity contribution is 7.90. The Morgan fingerprint density at radius 3 is 2.15 bits per heavy atom. The third-order valence-electron chi connectivity index (χ3n) is 4.76. The third-order valence-corrected chi connectivity index (χ3v) is 6.21. The summed E-state index contributed by atoms with van der Waals surface area (Å²) in [5, 5.41) is 12.1. The van der Waals surface area contributed by atoms with Crippen molar-refractivity contribution in [2.45, 2.75) is 18.2 Å². The molecular weight excluding hydrogens is 360 g/mol. The van der Waals surface area contributed by atoms with E-state index in [-0.39, 0.29) is 16.7 Å². The van der Waals surface area contributed by atoms with Crippen LogP contribution in [0, 0.1) is 23.7 Å². The predicted molar refractivity (Wildman–Crippen MR) is 91.4 cm³/mol. The molecule has 138 valence electrons. The van der Waals surface area contributed by atoms with Crippen LogP contribution in [-0.2, 0) is 24.4 Å². The molecule has 0 heterocycles. The average Bonchev–Trinajstić information content (AvgIpc) is 3.15. The number of fused-ring (bicyclic) bond motifs is 2. The Kier molecular flexibility index (Phi) is 4.57. The number of rotatable bonds is 5. The highest BCUT2D eigenvalue weighted by Gasteiger charge is 2.51. The fourth-order valence-corrected chi connectivity index (χ4v) is 4.70. The lowest BCUT2D eigenvalue weighted by Gasteiger charge is -2.23. The number of carboxylic acids is 1. The van der Waals surface area contributed by atoms with Crippen LogP contribution < -0.4 is 10.0 Å². The molecule has 2 amide bonds. The van der Waals surface area contributed by atoms with Gasteiger partial charge in [0.15, 0.2) is 0 Å². The number of allylic oxidation sites excluding steroid dienone is 2. The van der Waals surface area contributed by atoms with E-state index in [0.717, 1.165) is 6.92 Å². The molecule has 2 aliphatic rings. The van der Waals surface area contributed by atoms with Gasteiger partial charge in [0.2, 0.25) is 11.8 Å². The number of carbonyl (C=O) groups is 3. The summed E-state index contributed by atoms with van der Waals surface area (Å²) in [5.41, 5.74) is 0.354. The van der Waals surface area contributed by atoms with Gasteiger partial charge < -0.3 is 10.4 Å². The number of aliphatic carboxylic acids is 1. The van der Waals surface area contributed by atoms with Crippen LogP contribution in [0.2, 0.25) is 0 Å². The number of carbonyl (C=O) groups excluding carboxylic acids is 2. The van der Waals surface area contributed by atoms with Crippen LogP contribution in [0.5, 0.6) is 0 Å². The maximum absolute atomic E-state index is 12.6. The molecule has 0 aromatic heterocycles. The zero-order chi connectivity index (χ0) is 19.1. The summed E-state index contributed by atoms with van der Waals surface area (Å²) in [7, 11) is -3.95. The first kappa shape index (κ1) is 18.1. The molecule has 0 unspecified atom stereocenters. The van der Waals surface area contributed by atoms with E-state index in [1.54, 1.807) is 0 Å². The normalized spacial score (nSPS) is 26.5. The number of anilines is 1. The van der Waals surface area contributed by atoms with Crippen LogP contribution >= 0.6 is 0 Å². The van der Waals surface area contributed by atoms with E-state index in [0.29, 0.717) is 12.1 Å².